The molecule has 2 aliphatic carbocycles. The van der Waals surface area contributed by atoms with Crippen molar-refractivity contribution < 1.29 is 5.11 Å². The molecule has 2 fully saturated rings. The Labute approximate surface area is 80.5 Å². The van der Waals surface area contributed by atoms with E-state index in [1.807, 2.05) is 0 Å². The molecule has 1 unspecified atom stereocenters. The van der Waals surface area contributed by atoms with E-state index in [2.05, 4.69) is 6.92 Å². The fourth-order valence-corrected chi connectivity index (χ4v) is 2.87. The monoisotopic (exact) mass is 183 g/mol. The molecule has 2 saturated carbocycles. The number of rotatable bonds is 4. The first-order valence-corrected chi connectivity index (χ1v) is 5.53. The van der Waals surface area contributed by atoms with Crippen LogP contribution in [0.25, 0.3) is 0 Å². The van der Waals surface area contributed by atoms with Gasteiger partial charge >= 0.3 is 0 Å². The molecule has 0 aromatic carbocycles. The molecule has 13 heavy (non-hydrogen) atoms. The van der Waals surface area contributed by atoms with Crippen molar-refractivity contribution in [3.8, 4) is 0 Å². The van der Waals surface area contributed by atoms with Crippen molar-refractivity contribution in [1.29, 1.82) is 0 Å². The van der Waals surface area contributed by atoms with Crippen LogP contribution < -0.4 is 5.73 Å². The van der Waals surface area contributed by atoms with Gasteiger partial charge in [-0.1, -0.05) is 6.92 Å². The summed E-state index contributed by atoms with van der Waals surface area (Å²) in [4.78, 5) is 0. The van der Waals surface area contributed by atoms with E-state index < -0.39 is 0 Å². The van der Waals surface area contributed by atoms with Crippen LogP contribution in [0.15, 0.2) is 0 Å². The zero-order valence-electron chi connectivity index (χ0n) is 8.50. The first-order chi connectivity index (χ1) is 6.15. The van der Waals surface area contributed by atoms with Crippen LogP contribution in [0.3, 0.4) is 0 Å². The summed E-state index contributed by atoms with van der Waals surface area (Å²) in [6.07, 6.45) is 5.91. The third kappa shape index (κ3) is 1.89. The lowest BCUT2D eigenvalue weighted by molar-refractivity contribution is -0.0409. The fourth-order valence-electron chi connectivity index (χ4n) is 2.87. The minimum atomic E-state index is -0.0602. The minimum absolute atomic E-state index is 0.0602. The quantitative estimate of drug-likeness (QED) is 0.694. The van der Waals surface area contributed by atoms with Gasteiger partial charge in [0, 0.05) is 0 Å². The lowest BCUT2D eigenvalue weighted by Crippen LogP contribution is -2.47. The third-order valence-electron chi connectivity index (χ3n) is 3.95. The maximum atomic E-state index is 9.33. The Morgan fingerprint density at radius 3 is 2.46 bits per heavy atom. The van der Waals surface area contributed by atoms with Crippen LogP contribution >= 0.6 is 0 Å². The van der Waals surface area contributed by atoms with Gasteiger partial charge in [0.2, 0.25) is 0 Å². The van der Waals surface area contributed by atoms with E-state index in [-0.39, 0.29) is 6.10 Å². The van der Waals surface area contributed by atoms with Crippen molar-refractivity contribution in [3.05, 3.63) is 0 Å². The molecule has 2 rings (SSSR count). The summed E-state index contributed by atoms with van der Waals surface area (Å²) in [5.74, 6) is 1.80. The predicted molar refractivity (Wildman–Crippen MR) is 53.2 cm³/mol. The van der Waals surface area contributed by atoms with Gasteiger partial charge in [0.15, 0.2) is 0 Å². The molecule has 0 saturated heterocycles. The molecule has 0 aromatic heterocycles. The summed E-state index contributed by atoms with van der Waals surface area (Å²) in [5, 5.41) is 9.33. The van der Waals surface area contributed by atoms with Gasteiger partial charge in [-0.3, -0.25) is 0 Å². The molecule has 0 bridgehead atoms. The molecule has 0 spiro atoms. The standard InChI is InChI=1S/C11H21NO/c1-8(9-2-3-9)4-11(7-12)5-10(13)6-11/h8-10,13H,2-7,12H2,1H3. The molecule has 0 amide bonds. The highest BCUT2D eigenvalue weighted by Gasteiger charge is 2.44. The lowest BCUT2D eigenvalue weighted by atomic mass is 9.62. The number of aliphatic hydroxyl groups is 1. The van der Waals surface area contributed by atoms with Crippen molar-refractivity contribution >= 4 is 0 Å². The summed E-state index contributed by atoms with van der Waals surface area (Å²) in [6.45, 7) is 3.11. The van der Waals surface area contributed by atoms with Crippen LogP contribution in [0.2, 0.25) is 0 Å². The molecule has 2 heteroatoms. The molecule has 2 nitrogen and oxygen atoms in total. The van der Waals surface area contributed by atoms with Gasteiger partial charge in [-0.15, -0.1) is 0 Å². The van der Waals surface area contributed by atoms with Gasteiger partial charge in [-0.2, -0.15) is 0 Å². The first-order valence-electron chi connectivity index (χ1n) is 5.53. The summed E-state index contributed by atoms with van der Waals surface area (Å²) < 4.78 is 0. The smallest absolute Gasteiger partial charge is 0.0551 e. The molecule has 0 aliphatic heterocycles. The SMILES string of the molecule is CC(CC1(CN)CC(O)C1)C1CC1. The molecule has 1 atom stereocenters. The van der Waals surface area contributed by atoms with E-state index in [4.69, 9.17) is 5.73 Å². The summed E-state index contributed by atoms with van der Waals surface area (Å²) in [5.41, 5.74) is 6.10. The van der Waals surface area contributed by atoms with Gasteiger partial charge in [0.1, 0.15) is 0 Å². The summed E-state index contributed by atoms with van der Waals surface area (Å²) in [7, 11) is 0. The Hall–Kier alpha value is -0.0800. The Morgan fingerprint density at radius 1 is 1.46 bits per heavy atom. The highest BCUT2D eigenvalue weighted by molar-refractivity contribution is 4.97. The Kier molecular flexibility index (Phi) is 2.37. The van der Waals surface area contributed by atoms with Crippen LogP contribution in [0.1, 0.15) is 39.0 Å². The van der Waals surface area contributed by atoms with E-state index in [0.29, 0.717) is 5.41 Å². The highest BCUT2D eigenvalue weighted by Crippen LogP contribution is 2.49. The largest absolute Gasteiger partial charge is 0.393 e. The zero-order chi connectivity index (χ0) is 9.47. The van der Waals surface area contributed by atoms with E-state index >= 15 is 0 Å². The van der Waals surface area contributed by atoms with Crippen molar-refractivity contribution in [2.24, 2.45) is 23.0 Å². The number of hydrogen-bond donors (Lipinski definition) is 2. The van der Waals surface area contributed by atoms with Crippen LogP contribution in [0.5, 0.6) is 0 Å². The minimum Gasteiger partial charge on any atom is -0.393 e. The second kappa shape index (κ2) is 3.25. The molecule has 0 radical (unpaired) electrons. The van der Waals surface area contributed by atoms with Crippen molar-refractivity contribution in [3.63, 3.8) is 0 Å². The average Bonchev–Trinajstić information content (AvgIpc) is 2.82. The molecule has 76 valence electrons. The summed E-state index contributed by atoms with van der Waals surface area (Å²) in [6, 6.07) is 0. The molecular formula is C11H21NO. The second-order valence-electron chi connectivity index (χ2n) is 5.29. The Morgan fingerprint density at radius 2 is 2.08 bits per heavy atom. The second-order valence-corrected chi connectivity index (χ2v) is 5.29. The third-order valence-corrected chi connectivity index (χ3v) is 3.95. The van der Waals surface area contributed by atoms with Crippen LogP contribution in [-0.4, -0.2) is 17.8 Å². The van der Waals surface area contributed by atoms with Gasteiger partial charge in [-0.05, 0) is 55.9 Å². The van der Waals surface area contributed by atoms with Gasteiger partial charge < -0.3 is 10.8 Å². The van der Waals surface area contributed by atoms with Crippen molar-refractivity contribution in [2.45, 2.75) is 45.1 Å². The number of hydrogen-bond acceptors (Lipinski definition) is 2. The lowest BCUT2D eigenvalue weighted by Gasteiger charge is -2.46. The van der Waals surface area contributed by atoms with Crippen LogP contribution in [0.4, 0.5) is 0 Å². The molecule has 0 aromatic rings. The molecular weight excluding hydrogens is 162 g/mol. The van der Waals surface area contributed by atoms with Crippen LogP contribution in [-0.2, 0) is 0 Å². The highest BCUT2D eigenvalue weighted by atomic mass is 16.3. The maximum absolute atomic E-state index is 9.33. The average molecular weight is 183 g/mol. The summed E-state index contributed by atoms with van der Waals surface area (Å²) >= 11 is 0. The van der Waals surface area contributed by atoms with E-state index in [1.54, 1.807) is 0 Å². The van der Waals surface area contributed by atoms with Crippen molar-refractivity contribution in [2.75, 3.05) is 6.54 Å². The van der Waals surface area contributed by atoms with E-state index in [9.17, 15) is 5.11 Å². The van der Waals surface area contributed by atoms with Gasteiger partial charge in [-0.25, -0.2) is 0 Å². The maximum Gasteiger partial charge on any atom is 0.0551 e. The predicted octanol–water partition coefficient (Wildman–Crippen LogP) is 1.52. The van der Waals surface area contributed by atoms with E-state index in [1.165, 1.54) is 19.3 Å². The van der Waals surface area contributed by atoms with Gasteiger partial charge in [0.25, 0.3) is 0 Å². The number of aliphatic hydroxyl groups excluding tert-OH is 1. The number of nitrogens with two attached hydrogens (primary N) is 1. The Bertz CT molecular complexity index is 183. The van der Waals surface area contributed by atoms with E-state index in [0.717, 1.165) is 31.2 Å². The normalized spacial score (nSPS) is 41.3. The molecule has 0 heterocycles. The molecule has 2 aliphatic rings. The fraction of sp³-hybridized carbons (Fsp3) is 1.00. The van der Waals surface area contributed by atoms with Crippen LogP contribution in [0, 0.1) is 17.3 Å². The van der Waals surface area contributed by atoms with Gasteiger partial charge in [0.05, 0.1) is 6.10 Å². The Balaban J connectivity index is 1.83. The van der Waals surface area contributed by atoms with Crippen molar-refractivity contribution in [1.82, 2.24) is 0 Å². The first kappa shape index (κ1) is 9.47. The topological polar surface area (TPSA) is 46.2 Å². The molecule has 3 N–H and O–H groups in total. The zero-order valence-corrected chi connectivity index (χ0v) is 8.50.